The van der Waals surface area contributed by atoms with E-state index >= 15 is 0 Å². The van der Waals surface area contributed by atoms with Crippen molar-refractivity contribution in [2.45, 2.75) is 41.0 Å². The predicted octanol–water partition coefficient (Wildman–Crippen LogP) is -1.06. The molecule has 0 aromatic rings. The van der Waals surface area contributed by atoms with Crippen LogP contribution in [0.4, 0.5) is 0 Å². The van der Waals surface area contributed by atoms with Gasteiger partial charge in [0.15, 0.2) is 0 Å². The van der Waals surface area contributed by atoms with Crippen molar-refractivity contribution in [2.24, 2.45) is 22.3 Å². The first kappa shape index (κ1) is 39.4. The number of nitrogens with two attached hydrogens (primary N) is 4. The fraction of sp³-hybridized carbons (Fsp3) is 0.714. The van der Waals surface area contributed by atoms with Crippen molar-refractivity contribution in [3.05, 3.63) is 0 Å². The van der Waals surface area contributed by atoms with Gasteiger partial charge in [0.1, 0.15) is 18.2 Å². The van der Waals surface area contributed by atoms with E-state index in [2.05, 4.69) is 31.3 Å². The van der Waals surface area contributed by atoms with E-state index in [0.29, 0.717) is 6.42 Å². The zero-order chi connectivity index (χ0) is 22.7. The monoisotopic (exact) mass is 404 g/mol. The summed E-state index contributed by atoms with van der Waals surface area (Å²) in [4.78, 5) is 38.2. The van der Waals surface area contributed by atoms with Crippen molar-refractivity contribution in [2.75, 3.05) is 27.9 Å². The fourth-order valence-corrected chi connectivity index (χ4v) is 0.142. The van der Waals surface area contributed by atoms with Crippen molar-refractivity contribution in [1.82, 2.24) is 0 Å². The number of hydrogen-bond acceptors (Lipinski definition) is 8. The van der Waals surface area contributed by atoms with Crippen molar-refractivity contribution < 1.29 is 32.3 Å². The second-order valence-electron chi connectivity index (χ2n) is 3.96. The fourth-order valence-electron chi connectivity index (χ4n) is 0.142. The Kier molecular flexibility index (Phi) is 58.6. The third-order valence-corrected chi connectivity index (χ3v) is 1.13. The maximum atomic E-state index is 9.70. The molecular weight excluding hydrogens is 368 g/mol. The maximum absolute atomic E-state index is 9.70. The molecule has 0 bridgehead atoms. The molecule has 0 aliphatic carbocycles. The van der Waals surface area contributed by atoms with Crippen LogP contribution in [0.15, 0.2) is 0 Å². The van der Waals surface area contributed by atoms with Crippen LogP contribution < -0.4 is 22.3 Å². The second-order valence-corrected chi connectivity index (χ2v) is 4.82. The summed E-state index contributed by atoms with van der Waals surface area (Å²) in [7, 11) is 4.20. The molecule has 1 atom stereocenters. The Morgan fingerprint density at radius 1 is 0.846 bits per heavy atom. The van der Waals surface area contributed by atoms with Crippen LogP contribution in [0.25, 0.3) is 0 Å². The van der Waals surface area contributed by atoms with Crippen LogP contribution in [0.5, 0.6) is 0 Å². The molecule has 0 saturated carbocycles. The number of carbonyl (C=O) groups excluding carboxylic acids is 4. The molecule has 0 rings (SSSR count). The topological polar surface area (TPSA) is 208 Å². The number of primary amides is 2. The van der Waals surface area contributed by atoms with Gasteiger partial charge in [0, 0.05) is 13.5 Å². The Bertz CT molecular complexity index is 333. The summed E-state index contributed by atoms with van der Waals surface area (Å²) in [5.74, 6) is -0.345. The predicted molar refractivity (Wildman–Crippen MR) is 103 cm³/mol. The molecule has 0 aromatic heterocycles. The number of methoxy groups -OCH3 is 1. The maximum Gasteiger partial charge on any atom is 0.243 e. The van der Waals surface area contributed by atoms with Crippen LogP contribution >= 0.6 is 0 Å². The highest BCUT2D eigenvalue weighted by atomic mass is 32.2. The van der Waals surface area contributed by atoms with E-state index < -0.39 is 17.2 Å². The summed E-state index contributed by atoms with van der Waals surface area (Å²) in [6.07, 6.45) is 0.444. The summed E-state index contributed by atoms with van der Waals surface area (Å²) < 4.78 is 17.8. The number of carbonyl (C=O) groups is 4. The van der Waals surface area contributed by atoms with Gasteiger partial charge in [-0.05, 0) is 34.7 Å². The van der Waals surface area contributed by atoms with Gasteiger partial charge in [0.05, 0.1) is 7.11 Å². The van der Waals surface area contributed by atoms with Gasteiger partial charge in [-0.15, -0.1) is 0 Å². The van der Waals surface area contributed by atoms with Gasteiger partial charge in [0.25, 0.3) is 0 Å². The van der Waals surface area contributed by atoms with E-state index in [-0.39, 0.29) is 24.1 Å². The SMILES string of the molecule is CC(C)=O.CC(C)=O.CCC(N)=O.CN.COCC(N)=O.COS(N)=O. The Labute approximate surface area is 158 Å². The third-order valence-electron chi connectivity index (χ3n) is 0.799. The number of rotatable bonds is 4. The Morgan fingerprint density at radius 2 is 1.04 bits per heavy atom. The Hall–Kier alpha value is -1.73. The minimum Gasteiger partial charge on any atom is -0.375 e. The second kappa shape index (κ2) is 38.7. The highest BCUT2D eigenvalue weighted by Crippen LogP contribution is 1.63. The molecule has 160 valence electrons. The lowest BCUT2D eigenvalue weighted by atomic mass is 10.5. The first-order chi connectivity index (χ1) is 11.8. The molecule has 12 heteroatoms. The van der Waals surface area contributed by atoms with E-state index in [9.17, 15) is 23.4 Å². The molecule has 11 nitrogen and oxygen atoms in total. The quantitative estimate of drug-likeness (QED) is 0.452. The smallest absolute Gasteiger partial charge is 0.243 e. The molecule has 0 saturated heterocycles. The highest BCUT2D eigenvalue weighted by molar-refractivity contribution is 7.77. The first-order valence-corrected chi connectivity index (χ1v) is 8.20. The molecule has 0 aliphatic heterocycles. The molecular formula is C14H36N4O7S. The van der Waals surface area contributed by atoms with Crippen LogP contribution in [-0.4, -0.2) is 55.5 Å². The van der Waals surface area contributed by atoms with Gasteiger partial charge in [-0.25, -0.2) is 9.35 Å². The first-order valence-electron chi connectivity index (χ1n) is 7.06. The number of hydrogen-bond donors (Lipinski definition) is 4. The van der Waals surface area contributed by atoms with Gasteiger partial charge in [-0.3, -0.25) is 13.8 Å². The van der Waals surface area contributed by atoms with Gasteiger partial charge in [-0.1, -0.05) is 6.92 Å². The molecule has 8 N–H and O–H groups in total. The molecule has 0 heterocycles. The summed E-state index contributed by atoms with van der Waals surface area (Å²) in [5, 5.41) is 4.54. The Morgan fingerprint density at radius 3 is 1.04 bits per heavy atom. The van der Waals surface area contributed by atoms with E-state index in [1.807, 2.05) is 0 Å². The minimum atomic E-state index is -1.57. The lowest BCUT2D eigenvalue weighted by Crippen LogP contribution is -2.16. The van der Waals surface area contributed by atoms with Crippen LogP contribution in [0.2, 0.25) is 0 Å². The van der Waals surface area contributed by atoms with Crippen molar-refractivity contribution in [3.8, 4) is 0 Å². The van der Waals surface area contributed by atoms with Crippen molar-refractivity contribution in [3.63, 3.8) is 0 Å². The van der Waals surface area contributed by atoms with Crippen molar-refractivity contribution >= 4 is 34.6 Å². The van der Waals surface area contributed by atoms with E-state index in [1.165, 1.54) is 49.0 Å². The number of ketones is 2. The summed E-state index contributed by atoms with van der Waals surface area (Å²) in [6, 6.07) is 0. The van der Waals surface area contributed by atoms with Crippen LogP contribution in [0, 0.1) is 0 Å². The lowest BCUT2D eigenvalue weighted by molar-refractivity contribution is -0.121. The lowest BCUT2D eigenvalue weighted by Gasteiger charge is -1.85. The number of Topliss-reactive ketones (excluding diaryl/α,β-unsaturated/α-hetero) is 2. The number of ether oxygens (including phenoxy) is 1. The molecule has 2 amide bonds. The molecule has 0 radical (unpaired) electrons. The zero-order valence-electron chi connectivity index (χ0n) is 17.0. The van der Waals surface area contributed by atoms with Gasteiger partial charge in [0.2, 0.25) is 23.1 Å². The van der Waals surface area contributed by atoms with E-state index in [4.69, 9.17) is 0 Å². The summed E-state index contributed by atoms with van der Waals surface area (Å²) >= 11 is -1.57. The molecule has 0 fully saturated rings. The molecule has 0 aromatic carbocycles. The largest absolute Gasteiger partial charge is 0.375 e. The third kappa shape index (κ3) is 363. The van der Waals surface area contributed by atoms with Gasteiger partial charge < -0.3 is 31.5 Å². The highest BCUT2D eigenvalue weighted by Gasteiger charge is 1.84. The number of amides is 2. The van der Waals surface area contributed by atoms with Gasteiger partial charge >= 0.3 is 0 Å². The van der Waals surface area contributed by atoms with Crippen LogP contribution in [0.3, 0.4) is 0 Å². The molecule has 0 aliphatic rings. The normalized spacial score (nSPS) is 8.38. The molecule has 1 unspecified atom stereocenters. The van der Waals surface area contributed by atoms with Gasteiger partial charge in [-0.2, -0.15) is 0 Å². The summed E-state index contributed by atoms with van der Waals surface area (Å²) in [5.41, 5.74) is 13.8. The van der Waals surface area contributed by atoms with Crippen LogP contribution in [0.1, 0.15) is 41.0 Å². The average molecular weight is 405 g/mol. The molecule has 0 spiro atoms. The molecule has 26 heavy (non-hydrogen) atoms. The van der Waals surface area contributed by atoms with Crippen LogP contribution in [-0.2, 0) is 39.4 Å². The average Bonchev–Trinajstić information content (AvgIpc) is 2.49. The van der Waals surface area contributed by atoms with E-state index in [0.717, 1.165) is 0 Å². The van der Waals surface area contributed by atoms with Crippen molar-refractivity contribution in [1.29, 1.82) is 0 Å². The zero-order valence-corrected chi connectivity index (χ0v) is 17.8. The minimum absolute atomic E-state index is 0.0139. The van der Waals surface area contributed by atoms with E-state index in [1.54, 1.807) is 6.92 Å². The standard InChI is InChI=1S/C3H7NO2.C3H7NO.2C3H6O.CH5NO2S.CH5N/c1-6-2-3(4)5;1-2-3(4)5;2*1-3(2)4;1-4-5(2)3;1-2/h2H2,1H3,(H2,4,5);2H2,1H3,(H2,4,5);2*1-2H3;2H2,1H3;2H2,1H3. The Balaban J connectivity index is -0.0000000473. The summed E-state index contributed by atoms with van der Waals surface area (Å²) in [6.45, 7) is 7.85.